The van der Waals surface area contributed by atoms with Gasteiger partial charge in [-0.3, -0.25) is 9.89 Å². The van der Waals surface area contributed by atoms with Crippen LogP contribution >= 0.6 is 0 Å². The van der Waals surface area contributed by atoms with Gasteiger partial charge >= 0.3 is 0 Å². The number of carbonyl (C=O) groups excluding carboxylic acids is 1. The van der Waals surface area contributed by atoms with Gasteiger partial charge in [-0.1, -0.05) is 36.4 Å². The van der Waals surface area contributed by atoms with Crippen LogP contribution in [-0.4, -0.2) is 21.8 Å². The fourth-order valence-electron chi connectivity index (χ4n) is 3.34. The third kappa shape index (κ3) is 3.05. The van der Waals surface area contributed by atoms with Crippen LogP contribution in [-0.2, 0) is 12.8 Å². The van der Waals surface area contributed by atoms with Crippen molar-refractivity contribution in [2.75, 3.05) is 0 Å². The number of hydrogen-bond donors (Lipinski definition) is 2. The van der Waals surface area contributed by atoms with E-state index in [1.165, 1.54) is 5.39 Å². The van der Waals surface area contributed by atoms with Crippen LogP contribution in [0.3, 0.4) is 0 Å². The van der Waals surface area contributed by atoms with Gasteiger partial charge in [0.25, 0.3) is 5.91 Å². The minimum Gasteiger partial charge on any atom is -0.281 e. The maximum absolute atomic E-state index is 12.4. The number of benzene rings is 2. The number of hydrazone groups is 1. The lowest BCUT2D eigenvalue weighted by molar-refractivity contribution is 0.0949. The fraction of sp³-hybridized carbons (Fsp3) is 0.250. The Balaban J connectivity index is 1.54. The van der Waals surface area contributed by atoms with Gasteiger partial charge in [0.2, 0.25) is 0 Å². The summed E-state index contributed by atoms with van der Waals surface area (Å²) in [7, 11) is 0. The van der Waals surface area contributed by atoms with Crippen molar-refractivity contribution in [1.82, 2.24) is 15.6 Å². The van der Waals surface area contributed by atoms with Gasteiger partial charge in [-0.25, -0.2) is 5.43 Å². The van der Waals surface area contributed by atoms with Crippen LogP contribution in [0.15, 0.2) is 47.6 Å². The summed E-state index contributed by atoms with van der Waals surface area (Å²) in [6, 6.07) is 14.3. The molecule has 3 aromatic rings. The summed E-state index contributed by atoms with van der Waals surface area (Å²) in [6.07, 6.45) is 4.12. The number of nitrogens with one attached hydrogen (secondary N) is 2. The van der Waals surface area contributed by atoms with Crippen molar-refractivity contribution in [3.63, 3.8) is 0 Å². The van der Waals surface area contributed by atoms with Crippen molar-refractivity contribution in [3.8, 4) is 0 Å². The normalized spacial score (nSPS) is 14.4. The molecule has 0 saturated carbocycles. The number of carbonyl (C=O) groups is 1. The molecule has 1 amide bonds. The molecule has 5 nitrogen and oxygen atoms in total. The van der Waals surface area contributed by atoms with Crippen molar-refractivity contribution < 1.29 is 4.79 Å². The molecule has 0 bridgehead atoms. The third-order valence-corrected chi connectivity index (χ3v) is 4.76. The van der Waals surface area contributed by atoms with Crippen molar-refractivity contribution >= 4 is 22.4 Å². The Kier molecular flexibility index (Phi) is 4.06. The van der Waals surface area contributed by atoms with Gasteiger partial charge in [-0.2, -0.15) is 10.2 Å². The predicted octanol–water partition coefficient (Wildman–Crippen LogP) is 3.60. The zero-order valence-corrected chi connectivity index (χ0v) is 14.2. The smallest absolute Gasteiger partial charge is 0.281 e. The summed E-state index contributed by atoms with van der Waals surface area (Å²) in [5, 5.41) is 13.8. The molecule has 25 heavy (non-hydrogen) atoms. The van der Waals surface area contributed by atoms with Crippen LogP contribution in [0.4, 0.5) is 0 Å². The number of aryl methyl sites for hydroxylation is 1. The zero-order chi connectivity index (χ0) is 17.2. The first-order chi connectivity index (χ1) is 12.2. The van der Waals surface area contributed by atoms with Crippen LogP contribution in [0.1, 0.15) is 47.1 Å². The van der Waals surface area contributed by atoms with E-state index in [2.05, 4.69) is 45.0 Å². The average Bonchev–Trinajstić information content (AvgIpc) is 3.09. The molecule has 0 spiro atoms. The quantitative estimate of drug-likeness (QED) is 0.568. The topological polar surface area (TPSA) is 70.1 Å². The lowest BCUT2D eigenvalue weighted by Gasteiger charge is -2.10. The highest BCUT2D eigenvalue weighted by molar-refractivity contribution is 6.03. The highest BCUT2D eigenvalue weighted by atomic mass is 16.2. The van der Waals surface area contributed by atoms with Crippen molar-refractivity contribution in [2.45, 2.75) is 32.6 Å². The fourth-order valence-corrected chi connectivity index (χ4v) is 3.34. The summed E-state index contributed by atoms with van der Waals surface area (Å²) in [4.78, 5) is 12.4. The summed E-state index contributed by atoms with van der Waals surface area (Å²) in [6.45, 7) is 1.89. The Morgan fingerprint density at radius 1 is 1.12 bits per heavy atom. The molecule has 2 N–H and O–H groups in total. The molecule has 0 radical (unpaired) electrons. The minimum absolute atomic E-state index is 0.250. The Morgan fingerprint density at radius 2 is 1.92 bits per heavy atom. The number of hydrogen-bond acceptors (Lipinski definition) is 3. The van der Waals surface area contributed by atoms with Gasteiger partial charge < -0.3 is 0 Å². The molecule has 0 saturated heterocycles. The molecule has 0 atom stereocenters. The summed E-state index contributed by atoms with van der Waals surface area (Å²) < 4.78 is 0. The summed E-state index contributed by atoms with van der Waals surface area (Å²) >= 11 is 0. The molecule has 5 heteroatoms. The van der Waals surface area contributed by atoms with E-state index >= 15 is 0 Å². The Hall–Kier alpha value is -2.95. The largest absolute Gasteiger partial charge is 0.292 e. The lowest BCUT2D eigenvalue weighted by Crippen LogP contribution is -2.21. The molecule has 0 unspecified atom stereocenters. The maximum Gasteiger partial charge on any atom is 0.292 e. The highest BCUT2D eigenvalue weighted by Gasteiger charge is 2.21. The molecule has 2 aromatic carbocycles. The van der Waals surface area contributed by atoms with E-state index in [0.717, 1.165) is 53.6 Å². The van der Waals surface area contributed by atoms with Crippen LogP contribution in [0.25, 0.3) is 10.8 Å². The number of H-pyrrole nitrogens is 1. The van der Waals surface area contributed by atoms with E-state index < -0.39 is 0 Å². The summed E-state index contributed by atoms with van der Waals surface area (Å²) in [5.41, 5.74) is 7.01. The Labute approximate surface area is 146 Å². The molecule has 1 aromatic heterocycles. The van der Waals surface area contributed by atoms with E-state index in [1.54, 1.807) is 0 Å². The van der Waals surface area contributed by atoms with Crippen LogP contribution in [0.5, 0.6) is 0 Å². The van der Waals surface area contributed by atoms with Gasteiger partial charge in [0, 0.05) is 11.3 Å². The van der Waals surface area contributed by atoms with E-state index in [9.17, 15) is 4.79 Å². The van der Waals surface area contributed by atoms with E-state index in [4.69, 9.17) is 0 Å². The summed E-state index contributed by atoms with van der Waals surface area (Å²) in [5.74, 6) is -0.250. The maximum atomic E-state index is 12.4. The van der Waals surface area contributed by atoms with E-state index in [0.29, 0.717) is 5.69 Å². The molecule has 0 aliphatic heterocycles. The standard InChI is InChI=1S/C20H20N4O/c1-13(15-11-10-14-6-2-3-7-16(14)12-15)21-24-20(25)19-17-8-4-5-9-18(17)22-23-19/h2-3,6-7,10-12H,4-5,8-9H2,1H3,(H,22,23)(H,24,25). The van der Waals surface area contributed by atoms with Crippen molar-refractivity contribution in [3.05, 3.63) is 65.0 Å². The number of aromatic amines is 1. The SMILES string of the molecule is CC(=NNC(=O)c1n[nH]c2c1CCCC2)c1ccc2ccccc2c1. The van der Waals surface area contributed by atoms with Gasteiger partial charge in [0.15, 0.2) is 5.69 Å². The van der Waals surface area contributed by atoms with Gasteiger partial charge in [-0.15, -0.1) is 0 Å². The monoisotopic (exact) mass is 332 g/mol. The predicted molar refractivity (Wildman–Crippen MR) is 98.9 cm³/mol. The minimum atomic E-state index is -0.250. The van der Waals surface area contributed by atoms with Gasteiger partial charge in [0.1, 0.15) is 0 Å². The van der Waals surface area contributed by atoms with Gasteiger partial charge in [0.05, 0.1) is 5.71 Å². The van der Waals surface area contributed by atoms with Crippen LogP contribution in [0, 0.1) is 0 Å². The van der Waals surface area contributed by atoms with Crippen LogP contribution in [0.2, 0.25) is 0 Å². The molecule has 1 aliphatic carbocycles. The van der Waals surface area contributed by atoms with Crippen molar-refractivity contribution in [1.29, 1.82) is 0 Å². The zero-order valence-electron chi connectivity index (χ0n) is 14.2. The molecule has 1 aliphatic rings. The number of rotatable bonds is 3. The van der Waals surface area contributed by atoms with Crippen LogP contribution < -0.4 is 5.43 Å². The highest BCUT2D eigenvalue weighted by Crippen LogP contribution is 2.22. The first-order valence-electron chi connectivity index (χ1n) is 8.62. The second kappa shape index (κ2) is 6.51. The number of nitrogens with zero attached hydrogens (tertiary/aromatic N) is 2. The molecule has 4 rings (SSSR count). The molecular weight excluding hydrogens is 312 g/mol. The average molecular weight is 332 g/mol. The Morgan fingerprint density at radius 3 is 2.80 bits per heavy atom. The van der Waals surface area contributed by atoms with Crippen molar-refractivity contribution in [2.24, 2.45) is 5.10 Å². The number of fused-ring (bicyclic) bond motifs is 2. The first-order valence-corrected chi connectivity index (χ1v) is 8.62. The molecule has 0 fully saturated rings. The Bertz CT molecular complexity index is 971. The second-order valence-corrected chi connectivity index (χ2v) is 6.44. The van der Waals surface area contributed by atoms with E-state index in [1.807, 2.05) is 25.1 Å². The third-order valence-electron chi connectivity index (χ3n) is 4.76. The second-order valence-electron chi connectivity index (χ2n) is 6.44. The molecular formula is C20H20N4O. The number of amides is 1. The van der Waals surface area contributed by atoms with Gasteiger partial charge in [-0.05, 0) is 55.0 Å². The van der Waals surface area contributed by atoms with E-state index in [-0.39, 0.29) is 5.91 Å². The first kappa shape index (κ1) is 15.6. The molecule has 1 heterocycles. The number of aromatic nitrogens is 2. The lowest BCUT2D eigenvalue weighted by atomic mass is 9.96. The molecule has 126 valence electrons.